The predicted octanol–water partition coefficient (Wildman–Crippen LogP) is 0.500. The van der Waals surface area contributed by atoms with Crippen molar-refractivity contribution in [2.24, 2.45) is 0 Å². The quantitative estimate of drug-likeness (QED) is 0.428. The Morgan fingerprint density at radius 3 is 1.25 bits per heavy atom. The van der Waals surface area contributed by atoms with Crippen molar-refractivity contribution in [1.29, 1.82) is 0 Å². The second-order valence-electron chi connectivity index (χ2n) is 1.32. The van der Waals surface area contributed by atoms with Crippen LogP contribution in [0.25, 0.3) is 0 Å². The van der Waals surface area contributed by atoms with Crippen molar-refractivity contribution in [3.05, 3.63) is 34.6 Å². The molecule has 0 aliphatic carbocycles. The van der Waals surface area contributed by atoms with Gasteiger partial charge in [0, 0.05) is 9.81 Å². The zero-order valence-corrected chi connectivity index (χ0v) is 4.02. The number of hydrogen-bond acceptors (Lipinski definition) is 2. The first kappa shape index (κ1) is 4.83. The molecular formula is C4H4N2O2+2. The standard InChI is InChI=1S/C4H4N2O2/c7-5-1-2-6(8)4-3-5/h1-4H/q+2. The molecule has 0 atom stereocenters. The van der Waals surface area contributed by atoms with Gasteiger partial charge in [-0.05, 0) is 0 Å². The number of rotatable bonds is 0. The predicted molar refractivity (Wildman–Crippen MR) is 25.5 cm³/mol. The summed E-state index contributed by atoms with van der Waals surface area (Å²) < 4.78 is 1.10. The molecule has 4 nitrogen and oxygen atoms in total. The van der Waals surface area contributed by atoms with Crippen LogP contribution >= 0.6 is 0 Å². The maximum absolute atomic E-state index is 10.2. The molecule has 8 heavy (non-hydrogen) atoms. The lowest BCUT2D eigenvalue weighted by molar-refractivity contribution is -0.478. The van der Waals surface area contributed by atoms with Crippen LogP contribution in [0.15, 0.2) is 24.8 Å². The van der Waals surface area contributed by atoms with Gasteiger partial charge in [0.2, 0.25) is 0 Å². The lowest BCUT2D eigenvalue weighted by Gasteiger charge is -1.73. The molecule has 0 amide bonds. The van der Waals surface area contributed by atoms with E-state index in [1.807, 2.05) is 0 Å². The second kappa shape index (κ2) is 1.65. The van der Waals surface area contributed by atoms with E-state index in [9.17, 15) is 9.81 Å². The zero-order valence-electron chi connectivity index (χ0n) is 4.02. The molecule has 0 fully saturated rings. The summed E-state index contributed by atoms with van der Waals surface area (Å²) in [6, 6.07) is 0. The summed E-state index contributed by atoms with van der Waals surface area (Å²) in [5.74, 6) is 0. The van der Waals surface area contributed by atoms with Crippen LogP contribution < -0.4 is 0 Å². The summed E-state index contributed by atoms with van der Waals surface area (Å²) in [5.41, 5.74) is 0. The number of nitrogens with zero attached hydrogens (tertiary/aromatic N) is 2. The van der Waals surface area contributed by atoms with E-state index in [1.165, 1.54) is 0 Å². The van der Waals surface area contributed by atoms with Gasteiger partial charge < -0.3 is 0 Å². The molecule has 0 unspecified atom stereocenters. The van der Waals surface area contributed by atoms with E-state index in [2.05, 4.69) is 0 Å². The van der Waals surface area contributed by atoms with Crippen LogP contribution in [-0.2, 0) is 0 Å². The molecule has 0 aromatic rings. The van der Waals surface area contributed by atoms with Crippen LogP contribution in [0.4, 0.5) is 0 Å². The van der Waals surface area contributed by atoms with Crippen molar-refractivity contribution >= 4 is 0 Å². The van der Waals surface area contributed by atoms with Gasteiger partial charge in [0.15, 0.2) is 0 Å². The molecule has 0 bridgehead atoms. The van der Waals surface area contributed by atoms with E-state index >= 15 is 0 Å². The zero-order chi connectivity index (χ0) is 5.98. The van der Waals surface area contributed by atoms with Gasteiger partial charge in [-0.2, -0.15) is 0 Å². The smallest absolute Gasteiger partial charge is 0.0301 e. The van der Waals surface area contributed by atoms with Crippen LogP contribution in [0.2, 0.25) is 0 Å². The maximum Gasteiger partial charge on any atom is 0.296 e. The third kappa shape index (κ3) is 0.841. The molecule has 0 saturated heterocycles. The van der Waals surface area contributed by atoms with Crippen molar-refractivity contribution in [2.75, 3.05) is 0 Å². The molecule has 1 heterocycles. The Bertz CT molecular complexity index is 154. The Balaban J connectivity index is 2.83. The van der Waals surface area contributed by atoms with E-state index in [1.54, 1.807) is 0 Å². The van der Waals surface area contributed by atoms with Crippen LogP contribution in [0.3, 0.4) is 0 Å². The third-order valence-corrected chi connectivity index (χ3v) is 0.721. The molecule has 4 heteroatoms. The van der Waals surface area contributed by atoms with E-state index in [0.29, 0.717) is 9.52 Å². The summed E-state index contributed by atoms with van der Waals surface area (Å²) in [5, 5.41) is 0. The number of hydrogen-bond donors (Lipinski definition) is 0. The highest BCUT2D eigenvalue weighted by Gasteiger charge is 2.12. The summed E-state index contributed by atoms with van der Waals surface area (Å²) in [6.07, 6.45) is 4.53. The highest BCUT2D eigenvalue weighted by Crippen LogP contribution is 1.89. The van der Waals surface area contributed by atoms with E-state index in [4.69, 9.17) is 0 Å². The molecule has 1 aliphatic rings. The molecule has 0 spiro atoms. The van der Waals surface area contributed by atoms with Gasteiger partial charge in [-0.15, -0.1) is 0 Å². The topological polar surface area (TPSA) is 40.2 Å². The van der Waals surface area contributed by atoms with Crippen molar-refractivity contribution in [3.8, 4) is 0 Å². The van der Waals surface area contributed by atoms with Gasteiger partial charge in [-0.1, -0.05) is 0 Å². The molecule has 1 rings (SSSR count). The van der Waals surface area contributed by atoms with Gasteiger partial charge in [-0.3, -0.25) is 0 Å². The van der Waals surface area contributed by atoms with Gasteiger partial charge >= 0.3 is 0 Å². The average Bonchev–Trinajstić information content (AvgIpc) is 1.77. The fourth-order valence-corrected chi connectivity index (χ4v) is 0.362. The Labute approximate surface area is 45.3 Å². The van der Waals surface area contributed by atoms with Crippen LogP contribution in [0.1, 0.15) is 0 Å². The summed E-state index contributed by atoms with van der Waals surface area (Å²) in [6.45, 7) is 0. The van der Waals surface area contributed by atoms with Crippen molar-refractivity contribution in [3.63, 3.8) is 0 Å². The summed E-state index contributed by atoms with van der Waals surface area (Å²) in [7, 11) is 0. The van der Waals surface area contributed by atoms with Gasteiger partial charge in [0.1, 0.15) is 0 Å². The maximum atomic E-state index is 10.2. The first-order valence-corrected chi connectivity index (χ1v) is 2.06. The minimum Gasteiger partial charge on any atom is 0.0301 e. The Morgan fingerprint density at radius 2 is 1.00 bits per heavy atom. The highest BCUT2D eigenvalue weighted by atomic mass is 16.3. The summed E-state index contributed by atoms with van der Waals surface area (Å²) in [4.78, 5) is 20.4. The number of nitroso groups, excluding NO2 is 2. The Hall–Kier alpha value is -1.32. The summed E-state index contributed by atoms with van der Waals surface area (Å²) >= 11 is 0. The van der Waals surface area contributed by atoms with Crippen LogP contribution in [0.5, 0.6) is 0 Å². The van der Waals surface area contributed by atoms with E-state index < -0.39 is 0 Å². The monoisotopic (exact) mass is 112 g/mol. The molecule has 0 radical (unpaired) electrons. The van der Waals surface area contributed by atoms with Crippen molar-refractivity contribution in [1.82, 2.24) is 0 Å². The molecule has 0 aromatic carbocycles. The minimum atomic E-state index is 0.550. The molecular weight excluding hydrogens is 108 g/mol. The fourth-order valence-electron chi connectivity index (χ4n) is 0.362. The van der Waals surface area contributed by atoms with Crippen LogP contribution in [-0.4, -0.2) is 9.52 Å². The molecule has 0 aromatic heterocycles. The normalized spacial score (nSPS) is 17.5. The minimum absolute atomic E-state index is 0.550. The third-order valence-electron chi connectivity index (χ3n) is 0.721. The molecule has 1 aliphatic heterocycles. The first-order valence-electron chi connectivity index (χ1n) is 2.06. The van der Waals surface area contributed by atoms with Crippen molar-refractivity contribution < 1.29 is 9.52 Å². The molecule has 40 valence electrons. The highest BCUT2D eigenvalue weighted by molar-refractivity contribution is 4.71. The largest absolute Gasteiger partial charge is 0.296 e. The Kier molecular flexibility index (Phi) is 0.997. The average molecular weight is 112 g/mol. The first-order chi connectivity index (χ1) is 3.79. The Morgan fingerprint density at radius 1 is 0.750 bits per heavy atom. The van der Waals surface area contributed by atoms with Crippen molar-refractivity contribution in [2.45, 2.75) is 0 Å². The van der Waals surface area contributed by atoms with Gasteiger partial charge in [0.05, 0.1) is 9.52 Å². The van der Waals surface area contributed by atoms with Gasteiger partial charge in [0.25, 0.3) is 24.8 Å². The second-order valence-corrected chi connectivity index (χ2v) is 1.32. The fraction of sp³-hybridized carbons (Fsp3) is 0. The molecule has 0 saturated carbocycles. The SMILES string of the molecule is O=[N+]1C=C[N+](=O)C=C1. The van der Waals surface area contributed by atoms with E-state index in [-0.39, 0.29) is 0 Å². The van der Waals surface area contributed by atoms with E-state index in [0.717, 1.165) is 24.8 Å². The lowest BCUT2D eigenvalue weighted by Crippen LogP contribution is -1.98. The lowest BCUT2D eigenvalue weighted by atomic mass is 10.7. The molecule has 0 N–H and O–H groups in total. The van der Waals surface area contributed by atoms with Gasteiger partial charge in [-0.25, -0.2) is 0 Å². The van der Waals surface area contributed by atoms with Crippen LogP contribution in [0, 0.1) is 9.81 Å².